The summed E-state index contributed by atoms with van der Waals surface area (Å²) in [5.41, 5.74) is 2.92. The Kier molecular flexibility index (Phi) is 5.94. The van der Waals surface area contributed by atoms with Crippen LogP contribution < -0.4 is 14.5 Å². The normalized spacial score (nSPS) is 18.0. The minimum Gasteiger partial charge on any atom is -0.491 e. The molecular weight excluding hydrogens is 512 g/mol. The van der Waals surface area contributed by atoms with Crippen molar-refractivity contribution in [2.24, 2.45) is 5.10 Å². The Morgan fingerprint density at radius 3 is 1.78 bits per heavy atom. The Morgan fingerprint density at radius 2 is 1.20 bits per heavy atom. The van der Waals surface area contributed by atoms with E-state index in [4.69, 9.17) is 24.0 Å². The zero-order chi connectivity index (χ0) is 27.2. The van der Waals surface area contributed by atoms with E-state index in [2.05, 4.69) is 54.6 Å². The second kappa shape index (κ2) is 10.1. The molecule has 0 N–H and O–H groups in total. The maximum absolute atomic E-state index is 5.87. The summed E-state index contributed by atoms with van der Waals surface area (Å²) in [4.78, 5) is 0. The van der Waals surface area contributed by atoms with Gasteiger partial charge in [0.05, 0.1) is 30.8 Å². The Morgan fingerprint density at radius 1 is 0.659 bits per heavy atom. The number of nitrogens with zero attached hydrogens (tertiary/aromatic N) is 2. The van der Waals surface area contributed by atoms with Gasteiger partial charge in [0.15, 0.2) is 0 Å². The van der Waals surface area contributed by atoms with Gasteiger partial charge in [-0.25, -0.2) is 5.01 Å². The van der Waals surface area contributed by atoms with Crippen LogP contribution in [0.4, 0.5) is 11.4 Å². The maximum atomic E-state index is 5.87. The van der Waals surface area contributed by atoms with Crippen LogP contribution in [0.15, 0.2) is 108 Å². The van der Waals surface area contributed by atoms with Gasteiger partial charge in [0.1, 0.15) is 36.9 Å². The summed E-state index contributed by atoms with van der Waals surface area (Å²) in [5.74, 6) is 1.62. The lowest BCUT2D eigenvalue weighted by atomic mass is 9.92. The lowest BCUT2D eigenvalue weighted by molar-refractivity contribution is 0.263. The second-order valence-electron chi connectivity index (χ2n) is 10.6. The molecule has 6 aromatic rings. The molecule has 8 rings (SSSR count). The number of epoxide rings is 2. The monoisotopic (exact) mass is 540 g/mol. The van der Waals surface area contributed by atoms with Gasteiger partial charge in [-0.1, -0.05) is 48.5 Å². The number of rotatable bonds is 10. The van der Waals surface area contributed by atoms with Gasteiger partial charge < -0.3 is 18.9 Å². The third-order valence-electron chi connectivity index (χ3n) is 7.69. The zero-order valence-corrected chi connectivity index (χ0v) is 22.4. The lowest BCUT2D eigenvalue weighted by Crippen LogP contribution is -2.10. The molecular formula is C35H28N2O4. The molecule has 2 aliphatic rings. The van der Waals surface area contributed by atoms with E-state index >= 15 is 0 Å². The van der Waals surface area contributed by atoms with Gasteiger partial charge in [-0.3, -0.25) is 0 Å². The molecule has 0 saturated carbocycles. The van der Waals surface area contributed by atoms with Crippen LogP contribution in [0.2, 0.25) is 0 Å². The molecule has 1 unspecified atom stereocenters. The first-order valence-corrected chi connectivity index (χ1v) is 14.0. The predicted molar refractivity (Wildman–Crippen MR) is 163 cm³/mol. The molecule has 0 spiro atoms. The first kappa shape index (κ1) is 24.2. The molecule has 2 heterocycles. The number of anilines is 2. The van der Waals surface area contributed by atoms with Crippen molar-refractivity contribution in [1.82, 2.24) is 0 Å². The first-order chi connectivity index (χ1) is 20.3. The summed E-state index contributed by atoms with van der Waals surface area (Å²) in [7, 11) is 0. The average Bonchev–Trinajstić information content (AvgIpc) is 3.95. The van der Waals surface area contributed by atoms with Crippen molar-refractivity contribution in [2.75, 3.05) is 31.4 Å². The highest BCUT2D eigenvalue weighted by molar-refractivity contribution is 6.26. The van der Waals surface area contributed by atoms with Crippen LogP contribution in [0, 0.1) is 0 Å². The van der Waals surface area contributed by atoms with Gasteiger partial charge in [0.2, 0.25) is 0 Å². The summed E-state index contributed by atoms with van der Waals surface area (Å²) < 4.78 is 22.3. The molecule has 2 fully saturated rings. The Hall–Kier alpha value is -4.65. The van der Waals surface area contributed by atoms with E-state index in [1.807, 2.05) is 59.8 Å². The minimum absolute atomic E-state index is 0.215. The van der Waals surface area contributed by atoms with Crippen molar-refractivity contribution in [1.29, 1.82) is 0 Å². The second-order valence-corrected chi connectivity index (χ2v) is 10.6. The standard InChI is InChI=1S/C35H28N2O4/c1-3-23-7-8-24-4-2-6-33-26(17-25(5-1)34(23)35(24)33)18-36-37(27-9-13-29(14-10-27)38-19-31-21-40-31)28-11-15-30(16-12-28)39-20-32-22-41-32/h1-18,31-32H,19-22H2/t31-,32?/m0/s1. The number of benzene rings is 6. The number of hydrogen-bond donors (Lipinski definition) is 0. The molecule has 2 atom stereocenters. The Balaban J connectivity index is 1.17. The molecule has 0 radical (unpaired) electrons. The summed E-state index contributed by atoms with van der Waals surface area (Å²) >= 11 is 0. The van der Waals surface area contributed by atoms with Crippen molar-refractivity contribution >= 4 is 49.9 Å². The zero-order valence-electron chi connectivity index (χ0n) is 22.4. The fourth-order valence-electron chi connectivity index (χ4n) is 5.37. The summed E-state index contributed by atoms with van der Waals surface area (Å²) in [6, 6.07) is 35.6. The lowest BCUT2D eigenvalue weighted by Gasteiger charge is -2.20. The quantitative estimate of drug-likeness (QED) is 0.0789. The van der Waals surface area contributed by atoms with E-state index in [9.17, 15) is 0 Å². The van der Waals surface area contributed by atoms with Crippen LogP contribution in [0.1, 0.15) is 5.56 Å². The molecule has 2 aliphatic heterocycles. The van der Waals surface area contributed by atoms with Crippen molar-refractivity contribution in [3.05, 3.63) is 109 Å². The Labute approximate surface area is 237 Å². The third kappa shape index (κ3) is 4.92. The van der Waals surface area contributed by atoms with Crippen molar-refractivity contribution in [3.8, 4) is 11.5 Å². The molecule has 41 heavy (non-hydrogen) atoms. The molecule has 0 bridgehead atoms. The molecule has 6 nitrogen and oxygen atoms in total. The summed E-state index contributed by atoms with van der Waals surface area (Å²) in [6.45, 7) is 2.69. The average molecular weight is 541 g/mol. The van der Waals surface area contributed by atoms with Crippen molar-refractivity contribution in [3.63, 3.8) is 0 Å². The van der Waals surface area contributed by atoms with Gasteiger partial charge in [0, 0.05) is 5.56 Å². The summed E-state index contributed by atoms with van der Waals surface area (Å²) in [6.07, 6.45) is 2.40. The predicted octanol–water partition coefficient (Wildman–Crippen LogP) is 7.31. The highest BCUT2D eigenvalue weighted by Gasteiger charge is 2.24. The fraction of sp³-hybridized carbons (Fsp3) is 0.171. The smallest absolute Gasteiger partial charge is 0.119 e. The number of hydrogen-bond acceptors (Lipinski definition) is 6. The number of ether oxygens (including phenoxy) is 4. The van der Waals surface area contributed by atoms with E-state index in [0.29, 0.717) is 13.2 Å². The molecule has 0 aliphatic carbocycles. The highest BCUT2D eigenvalue weighted by atomic mass is 16.6. The van der Waals surface area contributed by atoms with Crippen LogP contribution in [0.3, 0.4) is 0 Å². The van der Waals surface area contributed by atoms with E-state index in [-0.39, 0.29) is 12.2 Å². The van der Waals surface area contributed by atoms with Crippen LogP contribution in [0.5, 0.6) is 11.5 Å². The topological polar surface area (TPSA) is 59.1 Å². The Bertz CT molecular complexity index is 1800. The van der Waals surface area contributed by atoms with Crippen molar-refractivity contribution in [2.45, 2.75) is 12.2 Å². The van der Waals surface area contributed by atoms with Gasteiger partial charge in [-0.05, 0) is 86.9 Å². The molecule has 6 aromatic carbocycles. The fourth-order valence-corrected chi connectivity index (χ4v) is 5.37. The first-order valence-electron chi connectivity index (χ1n) is 14.0. The highest BCUT2D eigenvalue weighted by Crippen LogP contribution is 2.36. The minimum atomic E-state index is 0.215. The largest absolute Gasteiger partial charge is 0.491 e. The number of hydrazone groups is 1. The van der Waals surface area contributed by atoms with Crippen LogP contribution in [-0.4, -0.2) is 44.9 Å². The summed E-state index contributed by atoms with van der Waals surface area (Å²) in [5, 5.41) is 14.5. The van der Waals surface area contributed by atoms with Crippen LogP contribution in [0.25, 0.3) is 32.3 Å². The van der Waals surface area contributed by atoms with Crippen LogP contribution in [-0.2, 0) is 9.47 Å². The van der Waals surface area contributed by atoms with Gasteiger partial charge >= 0.3 is 0 Å². The molecule has 0 amide bonds. The molecule has 2 saturated heterocycles. The van der Waals surface area contributed by atoms with E-state index < -0.39 is 0 Å². The van der Waals surface area contributed by atoms with Gasteiger partial charge in [-0.2, -0.15) is 5.10 Å². The van der Waals surface area contributed by atoms with Gasteiger partial charge in [0.25, 0.3) is 0 Å². The van der Waals surface area contributed by atoms with E-state index in [1.54, 1.807) is 0 Å². The molecule has 6 heteroatoms. The van der Waals surface area contributed by atoms with Gasteiger partial charge in [-0.15, -0.1) is 0 Å². The van der Waals surface area contributed by atoms with E-state index in [1.165, 1.54) is 32.3 Å². The SMILES string of the molecule is C(=NN(c1ccc(OCC2CO2)cc1)c1ccc(OC[C@H]2CO2)cc1)c1cc2cccc3ccc4cccc1c4c32. The van der Waals surface area contributed by atoms with E-state index in [0.717, 1.165) is 41.7 Å². The molecule has 202 valence electrons. The van der Waals surface area contributed by atoms with Crippen molar-refractivity contribution < 1.29 is 18.9 Å². The third-order valence-corrected chi connectivity index (χ3v) is 7.69. The maximum Gasteiger partial charge on any atom is 0.119 e. The van der Waals surface area contributed by atoms with Crippen LogP contribution >= 0.6 is 0 Å². The molecule has 0 aromatic heterocycles.